The summed E-state index contributed by atoms with van der Waals surface area (Å²) in [5, 5.41) is 9.11. The molecule has 6 nitrogen and oxygen atoms in total. The van der Waals surface area contributed by atoms with Gasteiger partial charge in [-0.25, -0.2) is 9.97 Å². The second kappa shape index (κ2) is 4.75. The Labute approximate surface area is 106 Å². The highest BCUT2D eigenvalue weighted by atomic mass is 19.4. The first-order chi connectivity index (χ1) is 8.88. The maximum Gasteiger partial charge on any atom is 0.433 e. The molecular formula is C10H11F3N6. The van der Waals surface area contributed by atoms with Crippen LogP contribution in [0.5, 0.6) is 0 Å². The molecule has 4 N–H and O–H groups in total. The smallest absolute Gasteiger partial charge is 0.396 e. The number of H-pyrrole nitrogens is 1. The zero-order chi connectivity index (χ0) is 14.0. The second-order valence-corrected chi connectivity index (χ2v) is 3.89. The van der Waals surface area contributed by atoms with Crippen LogP contribution in [0.4, 0.5) is 24.5 Å². The van der Waals surface area contributed by atoms with Crippen LogP contribution in [0.3, 0.4) is 0 Å². The molecule has 2 heterocycles. The summed E-state index contributed by atoms with van der Waals surface area (Å²) in [5.74, 6) is 0.491. The molecule has 0 fully saturated rings. The van der Waals surface area contributed by atoms with Crippen molar-refractivity contribution in [3.8, 4) is 0 Å². The highest BCUT2D eigenvalue weighted by Crippen LogP contribution is 2.32. The number of pyridine rings is 1. The fourth-order valence-electron chi connectivity index (χ4n) is 1.47. The van der Waals surface area contributed by atoms with Gasteiger partial charge in [-0.2, -0.15) is 18.3 Å². The minimum absolute atomic E-state index is 0.124. The summed E-state index contributed by atoms with van der Waals surface area (Å²) in [4.78, 5) is 7.16. The van der Waals surface area contributed by atoms with Crippen molar-refractivity contribution in [3.63, 3.8) is 0 Å². The molecule has 0 radical (unpaired) electrons. The number of nitrogens with one attached hydrogen (secondary N) is 2. The molecule has 102 valence electrons. The number of alkyl halides is 3. The molecule has 2 aromatic rings. The lowest BCUT2D eigenvalue weighted by Crippen LogP contribution is -2.13. The van der Waals surface area contributed by atoms with E-state index in [4.69, 9.17) is 5.73 Å². The largest absolute Gasteiger partial charge is 0.433 e. The van der Waals surface area contributed by atoms with Crippen LogP contribution in [0, 0.1) is 0 Å². The lowest BCUT2D eigenvalue weighted by molar-refractivity contribution is -0.141. The summed E-state index contributed by atoms with van der Waals surface area (Å²) in [6, 6.07) is 0.496. The van der Waals surface area contributed by atoms with Crippen molar-refractivity contribution in [1.29, 1.82) is 0 Å². The van der Waals surface area contributed by atoms with E-state index in [9.17, 15) is 13.2 Å². The monoisotopic (exact) mass is 272 g/mol. The van der Waals surface area contributed by atoms with Gasteiger partial charge in [0.05, 0.1) is 23.6 Å². The van der Waals surface area contributed by atoms with E-state index in [2.05, 4.69) is 25.5 Å². The number of anilines is 2. The number of nitrogens with two attached hydrogens (primary N) is 1. The Kier molecular flexibility index (Phi) is 3.28. The van der Waals surface area contributed by atoms with E-state index >= 15 is 0 Å². The zero-order valence-corrected chi connectivity index (χ0v) is 9.86. The van der Waals surface area contributed by atoms with Crippen LogP contribution >= 0.6 is 0 Å². The van der Waals surface area contributed by atoms with Gasteiger partial charge in [-0.3, -0.25) is 5.10 Å². The van der Waals surface area contributed by atoms with Crippen molar-refractivity contribution >= 4 is 11.4 Å². The fourth-order valence-corrected chi connectivity index (χ4v) is 1.47. The van der Waals surface area contributed by atoms with E-state index in [1.54, 1.807) is 6.92 Å². The number of aromatic nitrogens is 4. The molecule has 0 amide bonds. The Bertz CT molecular complexity index is 551. The third-order valence-electron chi connectivity index (χ3n) is 2.44. The van der Waals surface area contributed by atoms with E-state index in [1.165, 1.54) is 6.33 Å². The minimum atomic E-state index is -4.51. The highest BCUT2D eigenvalue weighted by Gasteiger charge is 2.33. The second-order valence-electron chi connectivity index (χ2n) is 3.89. The van der Waals surface area contributed by atoms with Gasteiger partial charge in [-0.05, 0) is 13.0 Å². The van der Waals surface area contributed by atoms with Gasteiger partial charge in [-0.1, -0.05) is 0 Å². The number of halogens is 3. The number of rotatable bonds is 3. The molecule has 0 saturated carbocycles. The van der Waals surface area contributed by atoms with Crippen LogP contribution in [-0.2, 0) is 6.18 Å². The van der Waals surface area contributed by atoms with Gasteiger partial charge >= 0.3 is 6.18 Å². The molecule has 0 aliphatic carbocycles. The molecule has 1 unspecified atom stereocenters. The summed E-state index contributed by atoms with van der Waals surface area (Å²) >= 11 is 0. The number of nitrogens with zero attached hydrogens (tertiary/aromatic N) is 3. The standard InChI is InChI=1S/C10H11F3N6/c1-5(9-16-4-17-19-9)18-7-2-8(10(11,12)13)15-3-6(7)14/h2-5H,14H2,1H3,(H,15,18)(H,16,17,19). The summed E-state index contributed by atoms with van der Waals surface area (Å²) in [6.07, 6.45) is -2.23. The highest BCUT2D eigenvalue weighted by molar-refractivity contribution is 5.65. The molecule has 0 saturated heterocycles. The van der Waals surface area contributed by atoms with Crippen LogP contribution in [0.25, 0.3) is 0 Å². The first-order valence-electron chi connectivity index (χ1n) is 5.32. The quantitative estimate of drug-likeness (QED) is 0.794. The first kappa shape index (κ1) is 13.1. The molecule has 2 aromatic heterocycles. The molecule has 0 aromatic carbocycles. The molecule has 1 atom stereocenters. The predicted molar refractivity (Wildman–Crippen MR) is 62.1 cm³/mol. The Morgan fingerprint density at radius 1 is 1.37 bits per heavy atom. The van der Waals surface area contributed by atoms with Crippen molar-refractivity contribution in [1.82, 2.24) is 20.2 Å². The Morgan fingerprint density at radius 3 is 2.68 bits per heavy atom. The van der Waals surface area contributed by atoms with Crippen LogP contribution < -0.4 is 11.1 Å². The van der Waals surface area contributed by atoms with Crippen LogP contribution in [0.2, 0.25) is 0 Å². The van der Waals surface area contributed by atoms with Crippen LogP contribution in [0.15, 0.2) is 18.6 Å². The number of hydrogen-bond donors (Lipinski definition) is 3. The van der Waals surface area contributed by atoms with Gasteiger partial charge in [0.1, 0.15) is 17.8 Å². The van der Waals surface area contributed by atoms with Gasteiger partial charge < -0.3 is 11.1 Å². The molecular weight excluding hydrogens is 261 g/mol. The average molecular weight is 272 g/mol. The average Bonchev–Trinajstić information content (AvgIpc) is 2.84. The van der Waals surface area contributed by atoms with Crippen molar-refractivity contribution in [3.05, 3.63) is 30.1 Å². The van der Waals surface area contributed by atoms with Gasteiger partial charge in [0, 0.05) is 0 Å². The normalized spacial score (nSPS) is 13.3. The van der Waals surface area contributed by atoms with E-state index in [0.29, 0.717) is 5.82 Å². The first-order valence-corrected chi connectivity index (χ1v) is 5.32. The lowest BCUT2D eigenvalue weighted by Gasteiger charge is -2.16. The van der Waals surface area contributed by atoms with E-state index in [0.717, 1.165) is 12.3 Å². The minimum Gasteiger partial charge on any atom is -0.396 e. The SMILES string of the molecule is CC(Nc1cc(C(F)(F)F)ncc1N)c1ncn[nH]1. The van der Waals surface area contributed by atoms with Crippen LogP contribution in [-0.4, -0.2) is 20.2 Å². The zero-order valence-electron chi connectivity index (χ0n) is 9.86. The number of hydrogen-bond acceptors (Lipinski definition) is 5. The summed E-state index contributed by atoms with van der Waals surface area (Å²) < 4.78 is 37.7. The molecule has 19 heavy (non-hydrogen) atoms. The Morgan fingerprint density at radius 2 is 2.11 bits per heavy atom. The lowest BCUT2D eigenvalue weighted by atomic mass is 10.2. The van der Waals surface area contributed by atoms with E-state index in [1.807, 2.05) is 0 Å². The molecule has 2 rings (SSSR count). The Balaban J connectivity index is 2.25. The van der Waals surface area contributed by atoms with E-state index < -0.39 is 11.9 Å². The fraction of sp³-hybridized carbons (Fsp3) is 0.300. The molecule has 0 spiro atoms. The van der Waals surface area contributed by atoms with Crippen molar-refractivity contribution in [2.24, 2.45) is 0 Å². The third kappa shape index (κ3) is 2.92. The topological polar surface area (TPSA) is 92.5 Å². The number of nitrogen functional groups attached to an aromatic ring is 1. The Hall–Kier alpha value is -2.32. The third-order valence-corrected chi connectivity index (χ3v) is 2.44. The van der Waals surface area contributed by atoms with Crippen molar-refractivity contribution in [2.75, 3.05) is 11.1 Å². The summed E-state index contributed by atoms with van der Waals surface area (Å²) in [7, 11) is 0. The van der Waals surface area contributed by atoms with E-state index in [-0.39, 0.29) is 17.4 Å². The summed E-state index contributed by atoms with van der Waals surface area (Å²) in [5.41, 5.74) is 4.86. The van der Waals surface area contributed by atoms with Gasteiger partial charge in [-0.15, -0.1) is 0 Å². The molecule has 9 heteroatoms. The van der Waals surface area contributed by atoms with Crippen molar-refractivity contribution in [2.45, 2.75) is 19.1 Å². The van der Waals surface area contributed by atoms with Crippen molar-refractivity contribution < 1.29 is 13.2 Å². The van der Waals surface area contributed by atoms with Gasteiger partial charge in [0.2, 0.25) is 0 Å². The number of aromatic amines is 1. The maximum absolute atomic E-state index is 12.6. The molecule has 0 aliphatic rings. The predicted octanol–water partition coefficient (Wildman–Crippen LogP) is 1.97. The summed E-state index contributed by atoms with van der Waals surface area (Å²) in [6.45, 7) is 1.72. The van der Waals surface area contributed by atoms with Gasteiger partial charge in [0.25, 0.3) is 0 Å². The molecule has 0 aliphatic heterocycles. The molecule has 0 bridgehead atoms. The van der Waals surface area contributed by atoms with Crippen LogP contribution in [0.1, 0.15) is 24.5 Å². The van der Waals surface area contributed by atoms with Gasteiger partial charge in [0.15, 0.2) is 0 Å². The maximum atomic E-state index is 12.6.